The number of hydrogen-bond donors (Lipinski definition) is 1. The Morgan fingerprint density at radius 2 is 2.11 bits per heavy atom. The van der Waals surface area contributed by atoms with Gasteiger partial charge >= 0.3 is 6.09 Å². The molecule has 1 saturated heterocycles. The second-order valence-corrected chi connectivity index (χ2v) is 5.08. The lowest BCUT2D eigenvalue weighted by molar-refractivity contribution is 0.162. The lowest BCUT2D eigenvalue weighted by atomic mass is 9.92. The van der Waals surface area contributed by atoms with E-state index in [1.54, 1.807) is 0 Å². The normalized spacial score (nSPS) is 22.9. The highest BCUT2D eigenvalue weighted by Gasteiger charge is 2.27. The molecule has 4 nitrogen and oxygen atoms in total. The van der Waals surface area contributed by atoms with Crippen LogP contribution in [0.4, 0.5) is 10.5 Å². The Kier molecular flexibility index (Phi) is 4.66. The number of benzene rings is 1. The van der Waals surface area contributed by atoms with Crippen molar-refractivity contribution in [1.29, 1.82) is 0 Å². The van der Waals surface area contributed by atoms with Crippen molar-refractivity contribution in [2.45, 2.75) is 25.8 Å². The van der Waals surface area contributed by atoms with Crippen molar-refractivity contribution < 1.29 is 9.53 Å². The molecule has 0 spiro atoms. The number of methoxy groups -OCH3 is 1. The maximum atomic E-state index is 11.4. The van der Waals surface area contributed by atoms with Crippen LogP contribution in [0, 0.1) is 5.92 Å². The molecule has 104 valence electrons. The zero-order chi connectivity index (χ0) is 13.7. The Hall–Kier alpha value is -1.71. The molecule has 2 rings (SSSR count). The molecular formula is C15H22N2O2. The Bertz CT molecular complexity index is 408. The smallest absolute Gasteiger partial charge is 0.407 e. The molecule has 1 amide bonds. The Morgan fingerprint density at radius 1 is 1.37 bits per heavy atom. The van der Waals surface area contributed by atoms with Crippen LogP contribution in [0.1, 0.15) is 19.8 Å². The van der Waals surface area contributed by atoms with E-state index in [0.29, 0.717) is 5.92 Å². The summed E-state index contributed by atoms with van der Waals surface area (Å²) in [6.45, 7) is 4.10. The molecule has 2 unspecified atom stereocenters. The van der Waals surface area contributed by atoms with E-state index in [-0.39, 0.29) is 12.1 Å². The van der Waals surface area contributed by atoms with Gasteiger partial charge in [-0.2, -0.15) is 0 Å². The quantitative estimate of drug-likeness (QED) is 0.910. The van der Waals surface area contributed by atoms with Crippen LogP contribution >= 0.6 is 0 Å². The molecular weight excluding hydrogens is 240 g/mol. The number of para-hydroxylation sites is 1. The zero-order valence-electron chi connectivity index (χ0n) is 11.6. The van der Waals surface area contributed by atoms with Crippen molar-refractivity contribution >= 4 is 11.8 Å². The molecule has 1 N–H and O–H groups in total. The number of hydrogen-bond acceptors (Lipinski definition) is 3. The van der Waals surface area contributed by atoms with Gasteiger partial charge in [0, 0.05) is 24.8 Å². The average molecular weight is 262 g/mol. The largest absolute Gasteiger partial charge is 0.453 e. The maximum Gasteiger partial charge on any atom is 0.407 e. The minimum Gasteiger partial charge on any atom is -0.453 e. The molecule has 1 aliphatic heterocycles. The third-order valence-corrected chi connectivity index (χ3v) is 3.74. The standard InChI is InChI=1S/C15H22N2O2/c1-3-12-9-13(16-15(18)19-2)11-17(10-12)14-7-5-4-6-8-14/h4-8,12-13H,3,9-11H2,1-2H3,(H,16,18). The van der Waals surface area contributed by atoms with Crippen molar-refractivity contribution in [3.63, 3.8) is 0 Å². The molecule has 0 aromatic heterocycles. The van der Waals surface area contributed by atoms with Gasteiger partial charge in [0.25, 0.3) is 0 Å². The molecule has 1 aromatic carbocycles. The van der Waals surface area contributed by atoms with Crippen molar-refractivity contribution in [3.05, 3.63) is 30.3 Å². The predicted octanol–water partition coefficient (Wildman–Crippen LogP) is 2.65. The van der Waals surface area contributed by atoms with Crippen LogP contribution < -0.4 is 10.2 Å². The van der Waals surface area contributed by atoms with Crippen LogP contribution in [0.2, 0.25) is 0 Å². The van der Waals surface area contributed by atoms with Gasteiger partial charge in [-0.3, -0.25) is 0 Å². The van der Waals surface area contributed by atoms with Crippen LogP contribution in [0.5, 0.6) is 0 Å². The summed E-state index contributed by atoms with van der Waals surface area (Å²) < 4.78 is 4.69. The second kappa shape index (κ2) is 6.45. The minimum atomic E-state index is -0.338. The summed E-state index contributed by atoms with van der Waals surface area (Å²) in [4.78, 5) is 13.7. The molecule has 1 fully saturated rings. The third-order valence-electron chi connectivity index (χ3n) is 3.74. The minimum absolute atomic E-state index is 0.159. The number of piperidine rings is 1. The first-order chi connectivity index (χ1) is 9.22. The molecule has 1 aliphatic rings. The topological polar surface area (TPSA) is 41.6 Å². The van der Waals surface area contributed by atoms with Crippen LogP contribution in [-0.2, 0) is 4.74 Å². The number of alkyl carbamates (subject to hydrolysis) is 1. The van der Waals surface area contributed by atoms with Crippen molar-refractivity contribution in [3.8, 4) is 0 Å². The Labute approximate surface area is 114 Å². The molecule has 0 aliphatic carbocycles. The van der Waals surface area contributed by atoms with Gasteiger partial charge in [-0.1, -0.05) is 31.5 Å². The molecule has 0 bridgehead atoms. The highest BCUT2D eigenvalue weighted by molar-refractivity contribution is 5.67. The van der Waals surface area contributed by atoms with Gasteiger partial charge in [0.1, 0.15) is 0 Å². The number of rotatable bonds is 3. The molecule has 2 atom stereocenters. The van der Waals surface area contributed by atoms with Crippen LogP contribution in [0.25, 0.3) is 0 Å². The van der Waals surface area contributed by atoms with E-state index in [1.165, 1.54) is 12.8 Å². The zero-order valence-corrected chi connectivity index (χ0v) is 11.6. The van der Waals surface area contributed by atoms with Crippen molar-refractivity contribution in [2.75, 3.05) is 25.1 Å². The molecule has 0 radical (unpaired) electrons. The summed E-state index contributed by atoms with van der Waals surface area (Å²) in [6.07, 6.45) is 1.81. The van der Waals surface area contributed by atoms with Gasteiger partial charge in [0.05, 0.1) is 7.11 Å². The highest BCUT2D eigenvalue weighted by Crippen LogP contribution is 2.24. The molecule has 1 heterocycles. The SMILES string of the molecule is CCC1CC(NC(=O)OC)CN(c2ccccc2)C1. The number of carbonyl (C=O) groups is 1. The number of carbonyl (C=O) groups excluding carboxylic acids is 1. The van der Waals surface area contributed by atoms with Gasteiger partial charge in [-0.15, -0.1) is 0 Å². The van der Waals surface area contributed by atoms with Crippen molar-refractivity contribution in [2.24, 2.45) is 5.92 Å². The summed E-state index contributed by atoms with van der Waals surface area (Å²) in [5, 5.41) is 2.93. The van der Waals surface area contributed by atoms with E-state index in [1.807, 2.05) is 18.2 Å². The molecule has 0 saturated carbocycles. The van der Waals surface area contributed by atoms with E-state index >= 15 is 0 Å². The van der Waals surface area contributed by atoms with Crippen LogP contribution in [-0.4, -0.2) is 32.3 Å². The lowest BCUT2D eigenvalue weighted by Gasteiger charge is -2.39. The van der Waals surface area contributed by atoms with Crippen LogP contribution in [0.3, 0.4) is 0 Å². The average Bonchev–Trinajstić information content (AvgIpc) is 2.47. The Morgan fingerprint density at radius 3 is 2.74 bits per heavy atom. The lowest BCUT2D eigenvalue weighted by Crippen LogP contribution is -2.50. The maximum absolute atomic E-state index is 11.4. The first-order valence-corrected chi connectivity index (χ1v) is 6.87. The number of amides is 1. The van der Waals surface area contributed by atoms with E-state index in [4.69, 9.17) is 4.74 Å². The predicted molar refractivity (Wildman–Crippen MR) is 76.4 cm³/mol. The van der Waals surface area contributed by atoms with E-state index < -0.39 is 0 Å². The van der Waals surface area contributed by atoms with Gasteiger partial charge in [0.2, 0.25) is 0 Å². The van der Waals surface area contributed by atoms with Crippen LogP contribution in [0.15, 0.2) is 30.3 Å². The van der Waals surface area contributed by atoms with Gasteiger partial charge in [0.15, 0.2) is 0 Å². The summed E-state index contributed by atoms with van der Waals surface area (Å²) in [5.74, 6) is 0.608. The second-order valence-electron chi connectivity index (χ2n) is 5.08. The number of nitrogens with one attached hydrogen (secondary N) is 1. The number of ether oxygens (including phenoxy) is 1. The van der Waals surface area contributed by atoms with Gasteiger partial charge in [-0.25, -0.2) is 4.79 Å². The fourth-order valence-corrected chi connectivity index (χ4v) is 2.68. The van der Waals surface area contributed by atoms with E-state index in [9.17, 15) is 4.79 Å². The fraction of sp³-hybridized carbons (Fsp3) is 0.533. The summed E-state index contributed by atoms with van der Waals surface area (Å²) >= 11 is 0. The van der Waals surface area contributed by atoms with E-state index in [0.717, 1.165) is 25.9 Å². The molecule has 4 heteroatoms. The summed E-state index contributed by atoms with van der Waals surface area (Å²) in [5.41, 5.74) is 1.22. The third kappa shape index (κ3) is 3.63. The monoisotopic (exact) mass is 262 g/mol. The van der Waals surface area contributed by atoms with Crippen molar-refractivity contribution in [1.82, 2.24) is 5.32 Å². The van der Waals surface area contributed by atoms with E-state index in [2.05, 4.69) is 29.3 Å². The summed E-state index contributed by atoms with van der Waals surface area (Å²) in [6, 6.07) is 10.5. The summed E-state index contributed by atoms with van der Waals surface area (Å²) in [7, 11) is 1.41. The van der Waals surface area contributed by atoms with Gasteiger partial charge in [-0.05, 0) is 24.5 Å². The Balaban J connectivity index is 2.06. The molecule has 19 heavy (non-hydrogen) atoms. The number of anilines is 1. The van der Waals surface area contributed by atoms with Gasteiger partial charge < -0.3 is 15.0 Å². The number of nitrogens with zero attached hydrogens (tertiary/aromatic N) is 1. The first kappa shape index (κ1) is 13.7. The first-order valence-electron chi connectivity index (χ1n) is 6.87. The highest BCUT2D eigenvalue weighted by atomic mass is 16.5. The molecule has 1 aromatic rings. The fourth-order valence-electron chi connectivity index (χ4n) is 2.68.